The number of alkyl halides is 5. The number of primary amides is 1. The smallest absolute Gasteiger partial charge is 0.417 e. The van der Waals surface area contributed by atoms with Gasteiger partial charge in [0.2, 0.25) is 12.3 Å². The van der Waals surface area contributed by atoms with Crippen LogP contribution in [0.15, 0.2) is 36.4 Å². The third kappa shape index (κ3) is 7.86. The lowest BCUT2D eigenvalue weighted by Gasteiger charge is -2.39. The molecule has 2 aromatic rings. The van der Waals surface area contributed by atoms with Crippen molar-refractivity contribution in [1.29, 1.82) is 5.26 Å². The average Bonchev–Trinajstić information content (AvgIpc) is 3.12. The zero-order chi connectivity index (χ0) is 33.3. The Kier molecular flexibility index (Phi) is 11.6. The maximum Gasteiger partial charge on any atom is 0.417 e. The summed E-state index contributed by atoms with van der Waals surface area (Å²) < 4.78 is 74.2. The normalized spacial score (nSPS) is 18.9. The average molecular weight is 689 g/mol. The molecule has 2 aliphatic rings. The number of nitriles is 1. The molecule has 16 heteroatoms. The molecular formula is C30H34ClF5N6O3S. The number of carbonyl (C=O) groups excluding carboxylic acids is 2. The van der Waals surface area contributed by atoms with Crippen molar-refractivity contribution in [3.05, 3.63) is 53.1 Å². The number of hydrogen-bond acceptors (Lipinski definition) is 7. The standard InChI is InChI=1S/C30H33F5N6O3S.ClH/c1-18-16-38(8-9-39(18)17-26(37)42)10-11-44-24-7-6-22(12-20(24)13-25(31)32)41-28(45)40(27(43)29(41,2)3)21-5-4-19(15-36)23(14-21)30(33,34)35;/h4-7,12,14,18,25H,8-11,13,16-17H2,1-3H3,(H2,37,42);1H/t18-;/m1./s1. The number of halogens is 6. The predicted molar refractivity (Wildman–Crippen MR) is 168 cm³/mol. The summed E-state index contributed by atoms with van der Waals surface area (Å²) in [7, 11) is 0. The van der Waals surface area contributed by atoms with Crippen LogP contribution < -0.4 is 20.3 Å². The molecule has 4 rings (SSSR count). The summed E-state index contributed by atoms with van der Waals surface area (Å²) in [5, 5.41) is 9.00. The molecule has 0 unspecified atom stereocenters. The molecule has 2 amide bonds. The van der Waals surface area contributed by atoms with Gasteiger partial charge in [0.25, 0.3) is 5.91 Å². The van der Waals surface area contributed by atoms with Crippen molar-refractivity contribution in [3.8, 4) is 11.8 Å². The second kappa shape index (κ2) is 14.5. The molecule has 2 aliphatic heterocycles. The number of anilines is 2. The highest BCUT2D eigenvalue weighted by atomic mass is 35.5. The van der Waals surface area contributed by atoms with Gasteiger partial charge >= 0.3 is 6.18 Å². The summed E-state index contributed by atoms with van der Waals surface area (Å²) in [5.74, 6) is -0.799. The quantitative estimate of drug-likeness (QED) is 0.286. The number of nitrogens with zero attached hydrogens (tertiary/aromatic N) is 5. The highest BCUT2D eigenvalue weighted by Gasteiger charge is 2.51. The first-order chi connectivity index (χ1) is 21.0. The molecule has 2 heterocycles. The molecular weight excluding hydrogens is 655 g/mol. The second-order valence-corrected chi connectivity index (χ2v) is 11.8. The molecule has 2 saturated heterocycles. The van der Waals surface area contributed by atoms with Gasteiger partial charge in [0.15, 0.2) is 5.11 Å². The maximum absolute atomic E-state index is 13.7. The van der Waals surface area contributed by atoms with Crippen molar-refractivity contribution in [2.45, 2.75) is 51.4 Å². The number of rotatable bonds is 10. The highest BCUT2D eigenvalue weighted by molar-refractivity contribution is 7.81. The molecule has 2 fully saturated rings. The van der Waals surface area contributed by atoms with Gasteiger partial charge in [-0.1, -0.05) is 0 Å². The fourth-order valence-corrected chi connectivity index (χ4v) is 6.15. The number of hydrogen-bond donors (Lipinski definition) is 1. The van der Waals surface area contributed by atoms with Crippen molar-refractivity contribution in [2.75, 3.05) is 49.1 Å². The van der Waals surface area contributed by atoms with E-state index < -0.39 is 47.5 Å². The Morgan fingerprint density at radius 3 is 2.43 bits per heavy atom. The van der Waals surface area contributed by atoms with Gasteiger partial charge in [0.1, 0.15) is 17.9 Å². The number of piperazine rings is 1. The van der Waals surface area contributed by atoms with Crippen molar-refractivity contribution in [2.24, 2.45) is 5.73 Å². The topological polar surface area (TPSA) is 106 Å². The summed E-state index contributed by atoms with van der Waals surface area (Å²) in [6.45, 7) is 7.94. The van der Waals surface area contributed by atoms with Crippen molar-refractivity contribution in [3.63, 3.8) is 0 Å². The van der Waals surface area contributed by atoms with Gasteiger partial charge in [-0.3, -0.25) is 24.3 Å². The molecule has 250 valence electrons. The summed E-state index contributed by atoms with van der Waals surface area (Å²) >= 11 is 5.57. The molecule has 2 aromatic carbocycles. The number of thiocarbonyl (C=S) groups is 1. The zero-order valence-electron chi connectivity index (χ0n) is 25.3. The van der Waals surface area contributed by atoms with Crippen LogP contribution >= 0.6 is 24.6 Å². The highest BCUT2D eigenvalue weighted by Crippen LogP contribution is 2.40. The third-order valence-corrected chi connectivity index (χ3v) is 8.27. The van der Waals surface area contributed by atoms with E-state index >= 15 is 0 Å². The Morgan fingerprint density at radius 2 is 1.85 bits per heavy atom. The fourth-order valence-electron chi connectivity index (χ4n) is 5.62. The molecule has 0 bridgehead atoms. The maximum atomic E-state index is 13.7. The first-order valence-corrected chi connectivity index (χ1v) is 14.5. The van der Waals surface area contributed by atoms with E-state index in [4.69, 9.17) is 28.0 Å². The van der Waals surface area contributed by atoms with Crippen LogP contribution in [-0.4, -0.2) is 84.1 Å². The monoisotopic (exact) mass is 688 g/mol. The lowest BCUT2D eigenvalue weighted by Crippen LogP contribution is -2.54. The molecule has 0 radical (unpaired) electrons. The lowest BCUT2D eigenvalue weighted by molar-refractivity contribution is -0.137. The van der Waals surface area contributed by atoms with Gasteiger partial charge in [-0.05, 0) is 69.4 Å². The minimum atomic E-state index is -4.85. The van der Waals surface area contributed by atoms with Crippen LogP contribution in [0.25, 0.3) is 0 Å². The van der Waals surface area contributed by atoms with E-state index in [9.17, 15) is 31.5 Å². The number of ether oxygens (including phenoxy) is 1. The van der Waals surface area contributed by atoms with Crippen molar-refractivity contribution < 1.29 is 36.3 Å². The summed E-state index contributed by atoms with van der Waals surface area (Å²) in [5.41, 5.74) is 2.39. The Bertz CT molecular complexity index is 1520. The molecule has 0 saturated carbocycles. The van der Waals surface area contributed by atoms with E-state index in [1.807, 2.05) is 11.8 Å². The first kappa shape index (κ1) is 36.9. The van der Waals surface area contributed by atoms with E-state index in [0.29, 0.717) is 32.2 Å². The van der Waals surface area contributed by atoms with Crippen molar-refractivity contribution in [1.82, 2.24) is 9.80 Å². The van der Waals surface area contributed by atoms with Gasteiger partial charge in [-0.15, -0.1) is 12.4 Å². The van der Waals surface area contributed by atoms with Crippen LogP contribution in [0.4, 0.5) is 33.3 Å². The summed E-state index contributed by atoms with van der Waals surface area (Å²) in [6.07, 6.45) is -8.20. The largest absolute Gasteiger partial charge is 0.492 e. The Morgan fingerprint density at radius 1 is 1.17 bits per heavy atom. The van der Waals surface area contributed by atoms with Crippen LogP contribution in [0, 0.1) is 11.3 Å². The fraction of sp³-hybridized carbons (Fsp3) is 0.467. The van der Waals surface area contributed by atoms with Gasteiger partial charge in [-0.2, -0.15) is 18.4 Å². The Labute approximate surface area is 275 Å². The van der Waals surface area contributed by atoms with Crippen LogP contribution in [0.2, 0.25) is 0 Å². The SMILES string of the molecule is C[C@@H]1CN(CCOc2ccc(N3C(=S)N(c4ccc(C#N)c(C(F)(F)F)c4)C(=O)C3(C)C)cc2CC(F)F)CCN1CC(N)=O.Cl. The van der Waals surface area contributed by atoms with Crippen LogP contribution in [-0.2, 0) is 22.2 Å². The molecule has 1 atom stereocenters. The number of carbonyl (C=O) groups is 2. The number of benzene rings is 2. The van der Waals surface area contributed by atoms with E-state index in [2.05, 4.69) is 4.90 Å². The number of amides is 2. The second-order valence-electron chi connectivity index (χ2n) is 11.5. The Balaban J connectivity index is 0.00000576. The van der Waals surface area contributed by atoms with Crippen LogP contribution in [0.5, 0.6) is 5.75 Å². The molecule has 46 heavy (non-hydrogen) atoms. The van der Waals surface area contributed by atoms with E-state index in [1.54, 1.807) is 6.07 Å². The minimum absolute atomic E-state index is 0. The van der Waals surface area contributed by atoms with Gasteiger partial charge in [0.05, 0.1) is 29.4 Å². The summed E-state index contributed by atoms with van der Waals surface area (Å²) in [6, 6.07) is 8.97. The van der Waals surface area contributed by atoms with Gasteiger partial charge in [0, 0.05) is 49.9 Å². The van der Waals surface area contributed by atoms with Crippen molar-refractivity contribution >= 4 is 52.9 Å². The molecule has 0 spiro atoms. The van der Waals surface area contributed by atoms with Gasteiger partial charge in [-0.25, -0.2) is 8.78 Å². The number of nitrogens with two attached hydrogens (primary N) is 1. The molecule has 0 aromatic heterocycles. The van der Waals surface area contributed by atoms with E-state index in [-0.39, 0.29) is 59.4 Å². The minimum Gasteiger partial charge on any atom is -0.492 e. The molecule has 0 aliphatic carbocycles. The van der Waals surface area contributed by atoms with Crippen LogP contribution in [0.3, 0.4) is 0 Å². The van der Waals surface area contributed by atoms with E-state index in [1.165, 1.54) is 43.0 Å². The third-order valence-electron chi connectivity index (χ3n) is 7.90. The lowest BCUT2D eigenvalue weighted by atomic mass is 10.0. The molecule has 2 N–H and O–H groups in total. The Hall–Kier alpha value is -3.58. The predicted octanol–water partition coefficient (Wildman–Crippen LogP) is 4.59. The first-order valence-electron chi connectivity index (χ1n) is 14.1. The van der Waals surface area contributed by atoms with E-state index in [0.717, 1.165) is 11.0 Å². The zero-order valence-corrected chi connectivity index (χ0v) is 26.9. The van der Waals surface area contributed by atoms with Gasteiger partial charge < -0.3 is 15.4 Å². The summed E-state index contributed by atoms with van der Waals surface area (Å²) in [4.78, 5) is 31.3. The van der Waals surface area contributed by atoms with Crippen LogP contribution in [0.1, 0.15) is 37.5 Å². The molecule has 9 nitrogen and oxygen atoms in total.